The minimum absolute atomic E-state index is 0.114. The quantitative estimate of drug-likeness (QED) is 0.660. The van der Waals surface area contributed by atoms with Gasteiger partial charge in [0.25, 0.3) is 0 Å². The molecule has 5 heterocycles. The Labute approximate surface area is 211 Å². The number of halogens is 3. The van der Waals surface area contributed by atoms with Crippen molar-refractivity contribution in [2.45, 2.75) is 62.9 Å². The molecule has 7 rings (SSSR count). The lowest BCUT2D eigenvalue weighted by atomic mass is 9.60. The number of aliphatic hydroxyl groups is 1. The molecule has 0 radical (unpaired) electrons. The predicted molar refractivity (Wildman–Crippen MR) is 121 cm³/mol. The zero-order valence-electron chi connectivity index (χ0n) is 20.5. The van der Waals surface area contributed by atoms with Crippen molar-refractivity contribution >= 4 is 6.03 Å². The molecule has 37 heavy (non-hydrogen) atoms. The first-order valence-electron chi connectivity index (χ1n) is 13.0. The zero-order chi connectivity index (χ0) is 25.6. The number of carbonyl (C=O) groups excluding carboxylic acids is 1. The largest absolute Gasteiger partial charge is 0.452 e. The third-order valence-corrected chi connectivity index (χ3v) is 9.15. The van der Waals surface area contributed by atoms with Gasteiger partial charge < -0.3 is 19.4 Å². The van der Waals surface area contributed by atoms with Gasteiger partial charge in [-0.3, -0.25) is 4.90 Å². The molecular formula is C24H30F3N7O3. The number of amides is 2. The van der Waals surface area contributed by atoms with Gasteiger partial charge in [0.2, 0.25) is 5.76 Å². The highest BCUT2D eigenvalue weighted by molar-refractivity contribution is 5.76. The number of hydrogen-bond acceptors (Lipinski definition) is 7. The molecule has 5 aliphatic rings. The van der Waals surface area contributed by atoms with E-state index in [-0.39, 0.29) is 22.9 Å². The van der Waals surface area contributed by atoms with E-state index in [1.54, 1.807) is 6.33 Å². The van der Waals surface area contributed by atoms with Gasteiger partial charge in [0.05, 0.1) is 11.7 Å². The standard InChI is InChI=1S/C24H30F3N7O3/c25-24(26,27)18-7-16(30-37-18)10-31-5-3-21(4-6-31)11-32(12-21)20(35)33-13-22(14-33)8-17(9-22)34-15-28-19(29-34)23(36)1-2-23/h7,15,17,36H,1-6,8-14H2. The Morgan fingerprint density at radius 2 is 1.70 bits per heavy atom. The first-order chi connectivity index (χ1) is 17.5. The Kier molecular flexibility index (Phi) is 4.87. The fraction of sp³-hybridized carbons (Fsp3) is 0.750. The summed E-state index contributed by atoms with van der Waals surface area (Å²) < 4.78 is 44.5. The number of piperidine rings is 1. The summed E-state index contributed by atoms with van der Waals surface area (Å²) in [5.41, 5.74) is -0.213. The van der Waals surface area contributed by atoms with Gasteiger partial charge in [0.15, 0.2) is 5.82 Å². The van der Waals surface area contributed by atoms with E-state index in [2.05, 4.69) is 24.7 Å². The van der Waals surface area contributed by atoms with Gasteiger partial charge in [-0.25, -0.2) is 14.5 Å². The number of aromatic nitrogens is 4. The van der Waals surface area contributed by atoms with Crippen LogP contribution < -0.4 is 0 Å². The highest BCUT2D eigenvalue weighted by Crippen LogP contribution is 2.55. The van der Waals surface area contributed by atoms with Crippen LogP contribution in [0.15, 0.2) is 16.9 Å². The van der Waals surface area contributed by atoms with Gasteiger partial charge in [-0.1, -0.05) is 5.16 Å². The van der Waals surface area contributed by atoms with E-state index >= 15 is 0 Å². The van der Waals surface area contributed by atoms with Crippen LogP contribution in [0.2, 0.25) is 0 Å². The fourth-order valence-corrected chi connectivity index (χ4v) is 6.64. The summed E-state index contributed by atoms with van der Waals surface area (Å²) in [4.78, 5) is 23.3. The van der Waals surface area contributed by atoms with E-state index in [4.69, 9.17) is 0 Å². The van der Waals surface area contributed by atoms with Gasteiger partial charge in [-0.2, -0.15) is 18.3 Å². The Balaban J connectivity index is 0.843. The second kappa shape index (κ2) is 7.68. The first kappa shape index (κ1) is 23.4. The maximum Gasteiger partial charge on any atom is 0.452 e. The van der Waals surface area contributed by atoms with Crippen LogP contribution in [0.3, 0.4) is 0 Å². The summed E-state index contributed by atoms with van der Waals surface area (Å²) in [6.45, 7) is 4.94. The van der Waals surface area contributed by atoms with Crippen molar-refractivity contribution in [3.8, 4) is 0 Å². The van der Waals surface area contributed by atoms with Crippen LogP contribution in [-0.4, -0.2) is 85.0 Å². The second-order valence-corrected chi connectivity index (χ2v) is 12.1. The maximum absolute atomic E-state index is 13.0. The molecule has 0 atom stereocenters. The molecule has 5 fully saturated rings. The number of likely N-dealkylation sites (tertiary alicyclic amines) is 3. The minimum atomic E-state index is -4.52. The normalized spacial score (nSPS) is 26.2. The molecule has 2 amide bonds. The van der Waals surface area contributed by atoms with Crippen LogP contribution >= 0.6 is 0 Å². The summed E-state index contributed by atoms with van der Waals surface area (Å²) in [7, 11) is 0. The van der Waals surface area contributed by atoms with E-state index in [9.17, 15) is 23.1 Å². The molecule has 0 unspecified atom stereocenters. The van der Waals surface area contributed by atoms with E-state index in [1.165, 1.54) is 0 Å². The highest BCUT2D eigenvalue weighted by Gasteiger charge is 2.57. The van der Waals surface area contributed by atoms with Crippen LogP contribution in [0.4, 0.5) is 18.0 Å². The zero-order valence-corrected chi connectivity index (χ0v) is 20.5. The van der Waals surface area contributed by atoms with Gasteiger partial charge in [0.1, 0.15) is 11.9 Å². The lowest BCUT2D eigenvalue weighted by molar-refractivity contribution is -0.155. The summed E-state index contributed by atoms with van der Waals surface area (Å²) in [5, 5.41) is 18.2. The molecular weight excluding hydrogens is 491 g/mol. The van der Waals surface area contributed by atoms with Gasteiger partial charge in [-0.15, -0.1) is 0 Å². The molecule has 2 spiro atoms. The first-order valence-corrected chi connectivity index (χ1v) is 13.0. The van der Waals surface area contributed by atoms with Crippen molar-refractivity contribution in [2.24, 2.45) is 10.8 Å². The molecule has 2 saturated carbocycles. The van der Waals surface area contributed by atoms with Crippen molar-refractivity contribution < 1.29 is 27.6 Å². The highest BCUT2D eigenvalue weighted by atomic mass is 19.4. The number of carbonyl (C=O) groups is 1. The van der Waals surface area contributed by atoms with E-state index in [0.717, 1.165) is 83.9 Å². The second-order valence-electron chi connectivity index (χ2n) is 12.1. The molecule has 3 saturated heterocycles. The monoisotopic (exact) mass is 521 g/mol. The summed E-state index contributed by atoms with van der Waals surface area (Å²) in [5.74, 6) is -0.528. The predicted octanol–water partition coefficient (Wildman–Crippen LogP) is 2.62. The average molecular weight is 522 g/mol. The van der Waals surface area contributed by atoms with Gasteiger partial charge in [0, 0.05) is 49.6 Å². The summed E-state index contributed by atoms with van der Waals surface area (Å²) in [6.07, 6.45) is 2.46. The molecule has 2 aromatic rings. The van der Waals surface area contributed by atoms with Crippen LogP contribution in [0.1, 0.15) is 61.8 Å². The number of rotatable bonds is 4. The lowest BCUT2D eigenvalue weighted by Crippen LogP contribution is -2.70. The summed E-state index contributed by atoms with van der Waals surface area (Å²) in [6, 6.07) is 1.37. The molecule has 1 N–H and O–H groups in total. The molecule has 13 heteroatoms. The van der Waals surface area contributed by atoms with Crippen LogP contribution in [0, 0.1) is 10.8 Å². The molecule has 2 aliphatic carbocycles. The van der Waals surface area contributed by atoms with Crippen LogP contribution in [-0.2, 0) is 18.3 Å². The number of urea groups is 1. The van der Waals surface area contributed by atoms with E-state index < -0.39 is 17.5 Å². The Morgan fingerprint density at radius 1 is 1.05 bits per heavy atom. The van der Waals surface area contributed by atoms with Crippen LogP contribution in [0.5, 0.6) is 0 Å². The fourth-order valence-electron chi connectivity index (χ4n) is 6.64. The SMILES string of the molecule is O=C(N1CC2(CCN(Cc3cc(C(F)(F)F)on3)CC2)C1)N1CC2(CC(n3cnc(C4(O)CC4)n3)C2)C1. The Morgan fingerprint density at radius 3 is 2.30 bits per heavy atom. The topological polar surface area (TPSA) is 104 Å². The minimum Gasteiger partial charge on any atom is -0.382 e. The molecule has 10 nitrogen and oxygen atoms in total. The third kappa shape index (κ3) is 4.01. The van der Waals surface area contributed by atoms with E-state index in [0.29, 0.717) is 18.1 Å². The molecule has 2 aromatic heterocycles. The third-order valence-electron chi connectivity index (χ3n) is 9.15. The molecule has 200 valence electrons. The van der Waals surface area contributed by atoms with Crippen molar-refractivity contribution in [3.63, 3.8) is 0 Å². The Bertz CT molecular complexity index is 1190. The van der Waals surface area contributed by atoms with Gasteiger partial charge in [-0.05, 0) is 51.6 Å². The van der Waals surface area contributed by atoms with Crippen molar-refractivity contribution in [1.82, 2.24) is 34.6 Å². The average Bonchev–Trinajstić information content (AvgIpc) is 3.16. The maximum atomic E-state index is 13.0. The van der Waals surface area contributed by atoms with Crippen molar-refractivity contribution in [1.29, 1.82) is 0 Å². The Hall–Kier alpha value is -2.67. The van der Waals surface area contributed by atoms with E-state index in [1.807, 2.05) is 14.5 Å². The lowest BCUT2D eigenvalue weighted by Gasteiger charge is -2.61. The summed E-state index contributed by atoms with van der Waals surface area (Å²) >= 11 is 0. The number of nitrogens with zero attached hydrogens (tertiary/aromatic N) is 7. The molecule has 0 aromatic carbocycles. The van der Waals surface area contributed by atoms with Crippen LogP contribution in [0.25, 0.3) is 0 Å². The number of alkyl halides is 3. The molecule has 3 aliphatic heterocycles. The molecule has 0 bridgehead atoms. The van der Waals surface area contributed by atoms with Crippen molar-refractivity contribution in [3.05, 3.63) is 29.7 Å². The van der Waals surface area contributed by atoms with Crippen molar-refractivity contribution in [2.75, 3.05) is 39.3 Å². The van der Waals surface area contributed by atoms with Gasteiger partial charge >= 0.3 is 12.2 Å². The smallest absolute Gasteiger partial charge is 0.382 e. The number of hydrogen-bond donors (Lipinski definition) is 1.